The van der Waals surface area contributed by atoms with Crippen LogP contribution in [0.1, 0.15) is 232 Å². The highest BCUT2D eigenvalue weighted by molar-refractivity contribution is 6.17. The molecule has 0 aliphatic carbocycles. The second-order valence-electron chi connectivity index (χ2n) is 12.7. The zero-order valence-electron chi connectivity index (χ0n) is 26.8. The lowest BCUT2D eigenvalue weighted by molar-refractivity contribution is 0.511. The number of hydrogen-bond donors (Lipinski definition) is 0. The molecule has 0 fully saturated rings. The van der Waals surface area contributed by atoms with E-state index in [-0.39, 0.29) is 0 Å². The van der Waals surface area contributed by atoms with Crippen molar-refractivity contribution < 1.29 is 0 Å². The van der Waals surface area contributed by atoms with E-state index < -0.39 is 0 Å². The highest BCUT2D eigenvalue weighted by Crippen LogP contribution is 2.17. The van der Waals surface area contributed by atoms with Gasteiger partial charge in [0.15, 0.2) is 0 Å². The fourth-order valence-electron chi connectivity index (χ4n) is 6.00. The first-order valence-corrected chi connectivity index (χ1v) is 19.0. The summed E-state index contributed by atoms with van der Waals surface area (Å²) in [6.45, 7) is 2.31. The van der Waals surface area contributed by atoms with Crippen LogP contribution >= 0.6 is 11.6 Å². The number of unbranched alkanes of at least 4 members (excludes halogenated alkanes) is 34. The van der Waals surface area contributed by atoms with E-state index in [1.54, 1.807) is 0 Å². The summed E-state index contributed by atoms with van der Waals surface area (Å²) in [4.78, 5) is 0. The molecule has 0 aromatic rings. The van der Waals surface area contributed by atoms with Gasteiger partial charge in [-0.25, -0.2) is 0 Å². The summed E-state index contributed by atoms with van der Waals surface area (Å²) in [5.41, 5.74) is 0. The first-order valence-electron chi connectivity index (χ1n) is 18.5. The minimum atomic E-state index is 0.847. The highest BCUT2D eigenvalue weighted by atomic mass is 35.5. The second kappa shape index (κ2) is 37.3. The zero-order valence-corrected chi connectivity index (χ0v) is 27.6. The molecular formula is C37H75Cl. The SMILES string of the molecule is CCCCCCCCCCCCCCCCCCCCCCCCCCCCCCCCCCCCCCl. The first kappa shape index (κ1) is 38.3. The third-order valence-corrected chi connectivity index (χ3v) is 9.00. The van der Waals surface area contributed by atoms with Crippen molar-refractivity contribution in [3.63, 3.8) is 0 Å². The average molecular weight is 555 g/mol. The van der Waals surface area contributed by atoms with Crippen LogP contribution in [0.25, 0.3) is 0 Å². The Morgan fingerprint density at radius 2 is 0.342 bits per heavy atom. The molecule has 0 N–H and O–H groups in total. The van der Waals surface area contributed by atoms with Gasteiger partial charge in [0.2, 0.25) is 0 Å². The Labute approximate surface area is 248 Å². The van der Waals surface area contributed by atoms with E-state index in [2.05, 4.69) is 6.92 Å². The number of hydrogen-bond acceptors (Lipinski definition) is 0. The van der Waals surface area contributed by atoms with Crippen molar-refractivity contribution in [2.45, 2.75) is 232 Å². The molecule has 0 unspecified atom stereocenters. The van der Waals surface area contributed by atoms with Gasteiger partial charge in [-0.05, 0) is 6.42 Å². The Hall–Kier alpha value is 0.290. The van der Waals surface area contributed by atoms with Gasteiger partial charge in [-0.2, -0.15) is 0 Å². The summed E-state index contributed by atoms with van der Waals surface area (Å²) < 4.78 is 0. The molecule has 0 spiro atoms. The summed E-state index contributed by atoms with van der Waals surface area (Å²) in [6.07, 6.45) is 51.2. The molecule has 230 valence electrons. The number of alkyl halides is 1. The van der Waals surface area contributed by atoms with Crippen LogP contribution < -0.4 is 0 Å². The molecule has 0 heterocycles. The second-order valence-corrected chi connectivity index (χ2v) is 13.1. The Kier molecular flexibility index (Phi) is 37.6. The topological polar surface area (TPSA) is 0 Å². The Morgan fingerprint density at radius 1 is 0.211 bits per heavy atom. The third-order valence-electron chi connectivity index (χ3n) is 8.74. The lowest BCUT2D eigenvalue weighted by Crippen LogP contribution is -1.85. The van der Waals surface area contributed by atoms with Gasteiger partial charge in [0, 0.05) is 5.88 Å². The van der Waals surface area contributed by atoms with Crippen LogP contribution in [0.5, 0.6) is 0 Å². The van der Waals surface area contributed by atoms with E-state index in [4.69, 9.17) is 11.6 Å². The molecule has 0 saturated heterocycles. The molecule has 0 nitrogen and oxygen atoms in total. The van der Waals surface area contributed by atoms with Crippen LogP contribution in [-0.2, 0) is 0 Å². The molecule has 0 radical (unpaired) electrons. The van der Waals surface area contributed by atoms with Crippen molar-refractivity contribution >= 4 is 11.6 Å². The fourth-order valence-corrected chi connectivity index (χ4v) is 6.19. The largest absolute Gasteiger partial charge is 0.127 e. The molecular weight excluding hydrogens is 480 g/mol. The van der Waals surface area contributed by atoms with E-state index in [1.165, 1.54) is 225 Å². The molecule has 0 amide bonds. The molecule has 0 aliphatic rings. The molecule has 0 aromatic heterocycles. The van der Waals surface area contributed by atoms with Gasteiger partial charge in [-0.3, -0.25) is 0 Å². The van der Waals surface area contributed by atoms with Crippen molar-refractivity contribution in [1.82, 2.24) is 0 Å². The molecule has 0 bridgehead atoms. The standard InChI is InChI=1S/C37H75Cl/c1-2-3-4-5-6-7-8-9-10-11-12-13-14-15-16-17-18-19-20-21-22-23-24-25-26-27-28-29-30-31-32-33-34-35-36-37-38/h2-37H2,1H3. The van der Waals surface area contributed by atoms with Crippen LogP contribution in [0.4, 0.5) is 0 Å². The maximum absolute atomic E-state index is 5.73. The van der Waals surface area contributed by atoms with Crippen molar-refractivity contribution in [3.8, 4) is 0 Å². The van der Waals surface area contributed by atoms with Crippen LogP contribution in [-0.4, -0.2) is 5.88 Å². The van der Waals surface area contributed by atoms with Crippen molar-refractivity contribution in [2.75, 3.05) is 5.88 Å². The molecule has 1 heteroatoms. The number of rotatable bonds is 35. The minimum Gasteiger partial charge on any atom is -0.127 e. The third kappa shape index (κ3) is 36.3. The van der Waals surface area contributed by atoms with Crippen LogP contribution in [0, 0.1) is 0 Å². The van der Waals surface area contributed by atoms with Gasteiger partial charge in [0.1, 0.15) is 0 Å². The first-order chi connectivity index (χ1) is 18.9. The molecule has 0 aliphatic heterocycles. The van der Waals surface area contributed by atoms with E-state index in [0.29, 0.717) is 0 Å². The predicted octanol–water partition coefficient (Wildman–Crippen LogP) is 14.9. The Morgan fingerprint density at radius 3 is 0.474 bits per heavy atom. The van der Waals surface area contributed by atoms with E-state index >= 15 is 0 Å². The van der Waals surface area contributed by atoms with Crippen molar-refractivity contribution in [3.05, 3.63) is 0 Å². The Bertz CT molecular complexity index is 343. The molecule has 0 saturated carbocycles. The summed E-state index contributed by atoms with van der Waals surface area (Å²) in [5.74, 6) is 0.847. The van der Waals surface area contributed by atoms with Crippen LogP contribution in [0.2, 0.25) is 0 Å². The monoisotopic (exact) mass is 555 g/mol. The van der Waals surface area contributed by atoms with Gasteiger partial charge in [0.25, 0.3) is 0 Å². The van der Waals surface area contributed by atoms with E-state index in [0.717, 1.165) is 5.88 Å². The lowest BCUT2D eigenvalue weighted by Gasteiger charge is -2.05. The summed E-state index contributed by atoms with van der Waals surface area (Å²) in [7, 11) is 0. The average Bonchev–Trinajstić information content (AvgIpc) is 2.93. The van der Waals surface area contributed by atoms with Crippen LogP contribution in [0.3, 0.4) is 0 Å². The lowest BCUT2D eigenvalue weighted by atomic mass is 10.0. The van der Waals surface area contributed by atoms with Gasteiger partial charge in [-0.1, -0.05) is 225 Å². The quantitative estimate of drug-likeness (QED) is 0.0539. The number of halogens is 1. The van der Waals surface area contributed by atoms with Crippen LogP contribution in [0.15, 0.2) is 0 Å². The normalized spacial score (nSPS) is 11.5. The summed E-state index contributed by atoms with van der Waals surface area (Å²) in [6, 6.07) is 0. The highest BCUT2D eigenvalue weighted by Gasteiger charge is 1.97. The van der Waals surface area contributed by atoms with Crippen molar-refractivity contribution in [1.29, 1.82) is 0 Å². The van der Waals surface area contributed by atoms with Gasteiger partial charge in [0.05, 0.1) is 0 Å². The molecule has 0 aromatic carbocycles. The van der Waals surface area contributed by atoms with Gasteiger partial charge in [-0.15, -0.1) is 11.6 Å². The maximum atomic E-state index is 5.73. The zero-order chi connectivity index (χ0) is 27.5. The van der Waals surface area contributed by atoms with Gasteiger partial charge < -0.3 is 0 Å². The van der Waals surface area contributed by atoms with E-state index in [1.807, 2.05) is 0 Å². The van der Waals surface area contributed by atoms with Crippen molar-refractivity contribution in [2.24, 2.45) is 0 Å². The molecule has 0 atom stereocenters. The van der Waals surface area contributed by atoms with Gasteiger partial charge >= 0.3 is 0 Å². The molecule has 38 heavy (non-hydrogen) atoms. The fraction of sp³-hybridized carbons (Fsp3) is 1.00. The Balaban J connectivity index is 3.01. The maximum Gasteiger partial charge on any atom is 0.0223 e. The summed E-state index contributed by atoms with van der Waals surface area (Å²) >= 11 is 5.73. The van der Waals surface area contributed by atoms with E-state index in [9.17, 15) is 0 Å². The minimum absolute atomic E-state index is 0.847. The molecule has 0 rings (SSSR count). The summed E-state index contributed by atoms with van der Waals surface area (Å²) in [5, 5.41) is 0. The predicted molar refractivity (Wildman–Crippen MR) is 178 cm³/mol. The smallest absolute Gasteiger partial charge is 0.0223 e.